The van der Waals surface area contributed by atoms with E-state index in [9.17, 15) is 9.18 Å². The first-order valence-corrected chi connectivity index (χ1v) is 11.0. The van der Waals surface area contributed by atoms with Gasteiger partial charge in [-0.25, -0.2) is 9.37 Å². The van der Waals surface area contributed by atoms with Gasteiger partial charge >= 0.3 is 0 Å². The van der Waals surface area contributed by atoms with Gasteiger partial charge in [-0.3, -0.25) is 4.79 Å². The zero-order chi connectivity index (χ0) is 22.2. The van der Waals surface area contributed by atoms with Gasteiger partial charge in [-0.05, 0) is 55.7 Å². The van der Waals surface area contributed by atoms with Gasteiger partial charge in [-0.1, -0.05) is 18.9 Å². The van der Waals surface area contributed by atoms with Crippen LogP contribution in [0.1, 0.15) is 41.6 Å². The topological polar surface area (TPSA) is 99.6 Å². The number of nitrogens with two attached hydrogens (primary N) is 1. The molecule has 5 rings (SSSR count). The molecule has 3 heterocycles. The van der Waals surface area contributed by atoms with Crippen LogP contribution in [0.25, 0.3) is 33.5 Å². The number of aromatic amines is 2. The van der Waals surface area contributed by atoms with E-state index in [0.29, 0.717) is 16.8 Å². The van der Waals surface area contributed by atoms with Gasteiger partial charge < -0.3 is 21.0 Å². The van der Waals surface area contributed by atoms with E-state index in [2.05, 4.69) is 20.3 Å². The van der Waals surface area contributed by atoms with E-state index >= 15 is 0 Å². The van der Waals surface area contributed by atoms with Crippen LogP contribution in [0, 0.1) is 12.7 Å². The highest BCUT2D eigenvalue weighted by atomic mass is 19.1. The number of hydrogen-bond acceptors (Lipinski definition) is 3. The van der Waals surface area contributed by atoms with Crippen molar-refractivity contribution in [1.29, 1.82) is 0 Å². The number of amides is 1. The number of carbonyl (C=O) groups is 1. The van der Waals surface area contributed by atoms with E-state index < -0.39 is 0 Å². The Balaban J connectivity index is 1.61. The van der Waals surface area contributed by atoms with Crippen LogP contribution in [0.15, 0.2) is 48.8 Å². The predicted octanol–water partition coefficient (Wildman–Crippen LogP) is 4.67. The Kier molecular flexibility index (Phi) is 5.27. The Morgan fingerprint density at radius 2 is 2.00 bits per heavy atom. The van der Waals surface area contributed by atoms with Crippen LogP contribution < -0.4 is 11.1 Å². The van der Waals surface area contributed by atoms with Crippen LogP contribution in [0.2, 0.25) is 0 Å². The Hall–Kier alpha value is -3.45. The highest BCUT2D eigenvalue weighted by Gasteiger charge is 2.27. The van der Waals surface area contributed by atoms with Crippen molar-refractivity contribution in [3.8, 4) is 22.5 Å². The lowest BCUT2D eigenvalue weighted by atomic mass is 9.90. The number of aryl methyl sites for hydroxylation is 1. The Labute approximate surface area is 185 Å². The molecule has 1 aromatic carbocycles. The second kappa shape index (κ2) is 8.24. The third-order valence-corrected chi connectivity index (χ3v) is 6.34. The van der Waals surface area contributed by atoms with Crippen molar-refractivity contribution in [1.82, 2.24) is 20.3 Å². The summed E-state index contributed by atoms with van der Waals surface area (Å²) in [4.78, 5) is 24.1. The second-order valence-corrected chi connectivity index (χ2v) is 8.58. The lowest BCUT2D eigenvalue weighted by Crippen LogP contribution is -2.49. The van der Waals surface area contributed by atoms with Crippen molar-refractivity contribution in [2.45, 2.75) is 44.7 Å². The molecule has 0 radical (unpaired) electrons. The molecule has 164 valence electrons. The number of nitrogens with one attached hydrogen (secondary N) is 3. The standard InChI is InChI=1S/C25H26FN5O/c1-14-6-7-17(19(26)12-14)23-18(25(32)31-21-5-3-2-4-20(21)27)13-22(30-23)15-8-10-28-24-16(15)9-11-29-24/h6-13,20-21,30H,2-5,27H2,1H3,(H,28,29)(H,31,32)/t20-,21?/m1/s1. The Morgan fingerprint density at radius 1 is 1.16 bits per heavy atom. The van der Waals surface area contributed by atoms with E-state index in [4.69, 9.17) is 5.73 Å². The first kappa shape index (κ1) is 20.5. The molecule has 6 nitrogen and oxygen atoms in total. The fourth-order valence-electron chi connectivity index (χ4n) is 4.59. The molecule has 3 aromatic heterocycles. The second-order valence-electron chi connectivity index (χ2n) is 8.58. The largest absolute Gasteiger partial charge is 0.354 e. The van der Waals surface area contributed by atoms with Crippen molar-refractivity contribution in [3.63, 3.8) is 0 Å². The lowest BCUT2D eigenvalue weighted by molar-refractivity contribution is 0.0922. The number of pyridine rings is 1. The molecule has 4 aromatic rings. The van der Waals surface area contributed by atoms with Crippen LogP contribution in [-0.4, -0.2) is 32.9 Å². The molecule has 2 atom stereocenters. The first-order valence-electron chi connectivity index (χ1n) is 11.0. The average molecular weight is 432 g/mol. The average Bonchev–Trinajstić information content (AvgIpc) is 3.42. The maximum Gasteiger partial charge on any atom is 0.253 e. The molecule has 1 saturated carbocycles. The van der Waals surface area contributed by atoms with Gasteiger partial charge in [0.25, 0.3) is 5.91 Å². The summed E-state index contributed by atoms with van der Waals surface area (Å²) in [6, 6.07) is 10.5. The number of H-pyrrole nitrogens is 2. The summed E-state index contributed by atoms with van der Waals surface area (Å²) < 4.78 is 14.9. The molecule has 5 N–H and O–H groups in total. The number of benzene rings is 1. The van der Waals surface area contributed by atoms with Crippen molar-refractivity contribution in [3.05, 3.63) is 65.7 Å². The van der Waals surface area contributed by atoms with Gasteiger partial charge in [0.1, 0.15) is 11.5 Å². The van der Waals surface area contributed by atoms with Gasteiger partial charge in [0.05, 0.1) is 11.3 Å². The Morgan fingerprint density at radius 3 is 2.81 bits per heavy atom. The number of aromatic nitrogens is 3. The molecule has 1 fully saturated rings. The number of nitrogens with zero attached hydrogens (tertiary/aromatic N) is 1. The van der Waals surface area contributed by atoms with E-state index in [1.54, 1.807) is 18.3 Å². The van der Waals surface area contributed by atoms with E-state index in [0.717, 1.165) is 53.5 Å². The number of rotatable bonds is 4. The fourth-order valence-corrected chi connectivity index (χ4v) is 4.59. The maximum absolute atomic E-state index is 14.9. The van der Waals surface area contributed by atoms with Gasteiger partial charge in [-0.15, -0.1) is 0 Å². The third-order valence-electron chi connectivity index (χ3n) is 6.34. The van der Waals surface area contributed by atoms with Gasteiger partial charge in [-0.2, -0.15) is 0 Å². The summed E-state index contributed by atoms with van der Waals surface area (Å²) in [7, 11) is 0. The molecular weight excluding hydrogens is 405 g/mol. The minimum atomic E-state index is -0.372. The molecule has 1 amide bonds. The van der Waals surface area contributed by atoms with Crippen molar-refractivity contribution >= 4 is 16.9 Å². The predicted molar refractivity (Wildman–Crippen MR) is 124 cm³/mol. The van der Waals surface area contributed by atoms with Gasteiger partial charge in [0, 0.05) is 46.7 Å². The monoisotopic (exact) mass is 431 g/mol. The molecule has 1 unspecified atom stereocenters. The number of carbonyl (C=O) groups excluding carboxylic acids is 1. The molecule has 0 saturated heterocycles. The van der Waals surface area contributed by atoms with Crippen LogP contribution in [0.3, 0.4) is 0 Å². The van der Waals surface area contributed by atoms with Crippen LogP contribution in [0.5, 0.6) is 0 Å². The van der Waals surface area contributed by atoms with Crippen molar-refractivity contribution in [2.24, 2.45) is 5.73 Å². The molecular formula is C25H26FN5O. The molecule has 0 aliphatic heterocycles. The molecule has 1 aliphatic carbocycles. The van der Waals surface area contributed by atoms with Crippen LogP contribution in [-0.2, 0) is 0 Å². The minimum absolute atomic E-state index is 0.0645. The lowest BCUT2D eigenvalue weighted by Gasteiger charge is -2.29. The molecule has 0 bridgehead atoms. The summed E-state index contributed by atoms with van der Waals surface area (Å²) >= 11 is 0. The molecule has 32 heavy (non-hydrogen) atoms. The summed E-state index contributed by atoms with van der Waals surface area (Å²) in [5.74, 6) is -0.618. The smallest absolute Gasteiger partial charge is 0.253 e. The Bertz CT molecular complexity index is 1290. The van der Waals surface area contributed by atoms with Crippen LogP contribution >= 0.6 is 0 Å². The molecule has 0 spiro atoms. The SMILES string of the molecule is Cc1ccc(-c2[nH]c(-c3ccnc4[nH]ccc34)cc2C(=O)NC2CCCC[C@H]2N)c(F)c1. The van der Waals surface area contributed by atoms with E-state index in [-0.39, 0.29) is 23.8 Å². The zero-order valence-electron chi connectivity index (χ0n) is 17.9. The summed E-state index contributed by atoms with van der Waals surface area (Å²) in [6.07, 6.45) is 7.40. The quantitative estimate of drug-likeness (QED) is 0.378. The number of halogens is 1. The van der Waals surface area contributed by atoms with Gasteiger partial charge in [0.2, 0.25) is 0 Å². The number of fused-ring (bicyclic) bond motifs is 1. The van der Waals surface area contributed by atoms with Crippen molar-refractivity contribution < 1.29 is 9.18 Å². The highest BCUT2D eigenvalue weighted by Crippen LogP contribution is 2.34. The summed E-state index contributed by atoms with van der Waals surface area (Å²) in [5, 5.41) is 4.02. The van der Waals surface area contributed by atoms with E-state index in [1.807, 2.05) is 31.3 Å². The normalized spacial score (nSPS) is 18.7. The van der Waals surface area contributed by atoms with Crippen LogP contribution in [0.4, 0.5) is 4.39 Å². The summed E-state index contributed by atoms with van der Waals surface area (Å²) in [6.45, 7) is 1.84. The van der Waals surface area contributed by atoms with E-state index in [1.165, 1.54) is 6.07 Å². The maximum atomic E-state index is 14.9. The number of hydrogen-bond donors (Lipinski definition) is 4. The fraction of sp³-hybridized carbons (Fsp3) is 0.280. The summed E-state index contributed by atoms with van der Waals surface area (Å²) in [5.41, 5.74) is 10.7. The zero-order valence-corrected chi connectivity index (χ0v) is 17.9. The molecule has 7 heteroatoms. The highest BCUT2D eigenvalue weighted by molar-refractivity contribution is 6.03. The third kappa shape index (κ3) is 3.69. The molecule has 1 aliphatic rings. The van der Waals surface area contributed by atoms with Crippen molar-refractivity contribution in [2.75, 3.05) is 0 Å². The minimum Gasteiger partial charge on any atom is -0.354 e. The van der Waals surface area contributed by atoms with Gasteiger partial charge in [0.15, 0.2) is 0 Å². The first-order chi connectivity index (χ1) is 15.5.